The maximum absolute atomic E-state index is 13.3. The summed E-state index contributed by atoms with van der Waals surface area (Å²) in [5, 5.41) is 12.1. The number of carboxylic acid groups (broad SMARTS) is 1. The minimum atomic E-state index is -0.985. The average Bonchev–Trinajstić information content (AvgIpc) is 3.13. The van der Waals surface area contributed by atoms with Crippen molar-refractivity contribution >= 4 is 23.2 Å². The number of aromatic carboxylic acids is 1. The molecule has 0 bridgehead atoms. The fraction of sp³-hybridized carbons (Fsp3) is 0.250. The van der Waals surface area contributed by atoms with Crippen LogP contribution in [0.4, 0.5) is 4.39 Å². The molecular formula is C24H22FNO4S. The number of ether oxygens (including phenoxy) is 1. The molecule has 31 heavy (non-hydrogen) atoms. The Labute approximate surface area is 183 Å². The number of fused-ring (bicyclic) bond motifs is 1. The second-order valence-electron chi connectivity index (χ2n) is 7.53. The quantitative estimate of drug-likeness (QED) is 0.582. The highest BCUT2D eigenvalue weighted by Gasteiger charge is 2.26. The second-order valence-corrected chi connectivity index (χ2v) is 8.72. The molecule has 0 fully saturated rings. The van der Waals surface area contributed by atoms with Gasteiger partial charge in [0.05, 0.1) is 30.4 Å². The van der Waals surface area contributed by atoms with E-state index in [9.17, 15) is 14.0 Å². The molecule has 0 saturated heterocycles. The van der Waals surface area contributed by atoms with E-state index in [0.717, 1.165) is 26.4 Å². The summed E-state index contributed by atoms with van der Waals surface area (Å²) in [7, 11) is 0. The SMILES string of the molecule is C[C@H](NC(=O)c1c(Cc2ccc(F)cc2)sc2c1CCOC2)c1ccc(C(=O)O)cc1. The highest BCUT2D eigenvalue weighted by atomic mass is 32.1. The summed E-state index contributed by atoms with van der Waals surface area (Å²) in [6.07, 6.45) is 1.22. The minimum Gasteiger partial charge on any atom is -0.478 e. The lowest BCUT2D eigenvalue weighted by Crippen LogP contribution is -2.28. The van der Waals surface area contributed by atoms with E-state index >= 15 is 0 Å². The van der Waals surface area contributed by atoms with E-state index < -0.39 is 5.97 Å². The third-order valence-electron chi connectivity index (χ3n) is 5.40. The number of carboxylic acids is 1. The smallest absolute Gasteiger partial charge is 0.335 e. The number of amides is 1. The number of benzene rings is 2. The van der Waals surface area contributed by atoms with Gasteiger partial charge in [-0.05, 0) is 54.3 Å². The highest BCUT2D eigenvalue weighted by molar-refractivity contribution is 7.12. The number of halogens is 1. The first-order valence-electron chi connectivity index (χ1n) is 10.0. The Balaban J connectivity index is 1.59. The van der Waals surface area contributed by atoms with Crippen molar-refractivity contribution in [1.29, 1.82) is 0 Å². The van der Waals surface area contributed by atoms with Gasteiger partial charge in [-0.15, -0.1) is 11.3 Å². The Bertz CT molecular complexity index is 1110. The van der Waals surface area contributed by atoms with Gasteiger partial charge in [0.1, 0.15) is 5.82 Å². The molecule has 1 aromatic heterocycles. The average molecular weight is 440 g/mol. The van der Waals surface area contributed by atoms with E-state index in [1.54, 1.807) is 35.6 Å². The standard InChI is InChI=1S/C24H22FNO4S/c1-14(16-4-6-17(7-5-16)24(28)29)26-23(27)22-19-10-11-30-13-21(19)31-20(22)12-15-2-8-18(25)9-3-15/h2-9,14H,10-13H2,1H3,(H,26,27)(H,28,29)/t14-/m0/s1. The predicted molar refractivity (Wildman–Crippen MR) is 116 cm³/mol. The van der Waals surface area contributed by atoms with E-state index in [1.165, 1.54) is 24.3 Å². The van der Waals surface area contributed by atoms with E-state index in [-0.39, 0.29) is 23.3 Å². The molecule has 0 aliphatic carbocycles. The zero-order valence-corrected chi connectivity index (χ0v) is 17.8. The molecule has 0 saturated carbocycles. The molecule has 2 N–H and O–H groups in total. The second kappa shape index (κ2) is 8.99. The van der Waals surface area contributed by atoms with Crippen LogP contribution in [0, 0.1) is 5.82 Å². The third-order valence-corrected chi connectivity index (χ3v) is 6.61. The van der Waals surface area contributed by atoms with Crippen LogP contribution in [0.15, 0.2) is 48.5 Å². The molecule has 1 amide bonds. The number of nitrogens with one attached hydrogen (secondary N) is 1. The molecule has 4 rings (SSSR count). The summed E-state index contributed by atoms with van der Waals surface area (Å²) < 4.78 is 18.9. The van der Waals surface area contributed by atoms with Crippen molar-refractivity contribution < 1.29 is 23.8 Å². The number of hydrogen-bond donors (Lipinski definition) is 2. The molecule has 1 aliphatic heterocycles. The first-order valence-corrected chi connectivity index (χ1v) is 10.8. The van der Waals surface area contributed by atoms with Crippen LogP contribution < -0.4 is 5.32 Å². The lowest BCUT2D eigenvalue weighted by Gasteiger charge is -2.17. The molecule has 7 heteroatoms. The van der Waals surface area contributed by atoms with Crippen LogP contribution in [0.3, 0.4) is 0 Å². The Morgan fingerprint density at radius 3 is 2.55 bits per heavy atom. The zero-order chi connectivity index (χ0) is 22.0. The molecule has 5 nitrogen and oxygen atoms in total. The molecule has 2 aromatic carbocycles. The monoisotopic (exact) mass is 439 g/mol. The molecule has 1 atom stereocenters. The van der Waals surface area contributed by atoms with E-state index in [4.69, 9.17) is 9.84 Å². The first-order chi connectivity index (χ1) is 14.9. The van der Waals surface area contributed by atoms with Gasteiger partial charge in [-0.2, -0.15) is 0 Å². The molecular weight excluding hydrogens is 417 g/mol. The molecule has 160 valence electrons. The number of hydrogen-bond acceptors (Lipinski definition) is 4. The van der Waals surface area contributed by atoms with Crippen molar-refractivity contribution in [2.24, 2.45) is 0 Å². The van der Waals surface area contributed by atoms with Crippen molar-refractivity contribution in [3.63, 3.8) is 0 Å². The Hall–Kier alpha value is -3.03. The molecule has 2 heterocycles. The maximum Gasteiger partial charge on any atom is 0.335 e. The lowest BCUT2D eigenvalue weighted by atomic mass is 9.99. The summed E-state index contributed by atoms with van der Waals surface area (Å²) in [5.41, 5.74) is 3.68. The molecule has 0 unspecified atom stereocenters. The Morgan fingerprint density at radius 1 is 1.16 bits per heavy atom. The van der Waals surface area contributed by atoms with Crippen LogP contribution in [-0.2, 0) is 24.2 Å². The topological polar surface area (TPSA) is 75.6 Å². The number of carbonyl (C=O) groups excluding carboxylic acids is 1. The van der Waals surface area contributed by atoms with E-state index in [1.807, 2.05) is 6.92 Å². The summed E-state index contributed by atoms with van der Waals surface area (Å²) in [4.78, 5) is 26.4. The summed E-state index contributed by atoms with van der Waals surface area (Å²) in [5.74, 6) is -1.43. The van der Waals surface area contributed by atoms with Crippen molar-refractivity contribution in [3.05, 3.63) is 91.9 Å². The summed E-state index contributed by atoms with van der Waals surface area (Å²) >= 11 is 1.57. The van der Waals surface area contributed by atoms with E-state index in [0.29, 0.717) is 31.6 Å². The largest absolute Gasteiger partial charge is 0.478 e. The third kappa shape index (κ3) is 4.68. The van der Waals surface area contributed by atoms with Crippen LogP contribution in [0.25, 0.3) is 0 Å². The van der Waals surface area contributed by atoms with Crippen LogP contribution in [-0.4, -0.2) is 23.6 Å². The minimum absolute atomic E-state index is 0.161. The predicted octanol–water partition coefficient (Wildman–Crippen LogP) is 4.74. The van der Waals surface area contributed by atoms with Crippen molar-refractivity contribution in [1.82, 2.24) is 5.32 Å². The Morgan fingerprint density at radius 2 is 1.87 bits per heavy atom. The van der Waals surface area contributed by atoms with Crippen LogP contribution >= 0.6 is 11.3 Å². The van der Waals surface area contributed by atoms with Gasteiger partial charge in [0.25, 0.3) is 5.91 Å². The lowest BCUT2D eigenvalue weighted by molar-refractivity contribution is 0.0696. The fourth-order valence-corrected chi connectivity index (χ4v) is 5.06. The molecule has 0 radical (unpaired) electrons. The number of carbonyl (C=O) groups is 2. The van der Waals surface area contributed by atoms with Gasteiger partial charge < -0.3 is 15.2 Å². The van der Waals surface area contributed by atoms with Crippen LogP contribution in [0.1, 0.15) is 60.1 Å². The van der Waals surface area contributed by atoms with Crippen molar-refractivity contribution in [3.8, 4) is 0 Å². The van der Waals surface area contributed by atoms with Gasteiger partial charge in [-0.25, -0.2) is 9.18 Å². The van der Waals surface area contributed by atoms with Crippen LogP contribution in [0.2, 0.25) is 0 Å². The van der Waals surface area contributed by atoms with Gasteiger partial charge in [0, 0.05) is 16.2 Å². The Kier molecular flexibility index (Phi) is 6.15. The maximum atomic E-state index is 13.3. The number of rotatable bonds is 6. The molecule has 1 aliphatic rings. The van der Waals surface area contributed by atoms with Crippen molar-refractivity contribution in [2.45, 2.75) is 32.4 Å². The fourth-order valence-electron chi connectivity index (χ4n) is 3.73. The van der Waals surface area contributed by atoms with Crippen molar-refractivity contribution in [2.75, 3.05) is 6.61 Å². The van der Waals surface area contributed by atoms with Crippen LogP contribution in [0.5, 0.6) is 0 Å². The molecule has 3 aromatic rings. The van der Waals surface area contributed by atoms with Gasteiger partial charge in [0.15, 0.2) is 0 Å². The summed E-state index contributed by atoms with van der Waals surface area (Å²) in [6.45, 7) is 2.94. The summed E-state index contributed by atoms with van der Waals surface area (Å²) in [6, 6.07) is 12.5. The van der Waals surface area contributed by atoms with Gasteiger partial charge in [0.2, 0.25) is 0 Å². The zero-order valence-electron chi connectivity index (χ0n) is 17.0. The molecule has 0 spiro atoms. The van der Waals surface area contributed by atoms with E-state index in [2.05, 4.69) is 5.32 Å². The van der Waals surface area contributed by atoms with Gasteiger partial charge in [-0.1, -0.05) is 24.3 Å². The number of thiophene rings is 1. The van der Waals surface area contributed by atoms with Gasteiger partial charge >= 0.3 is 5.97 Å². The van der Waals surface area contributed by atoms with Gasteiger partial charge in [-0.3, -0.25) is 4.79 Å². The highest BCUT2D eigenvalue weighted by Crippen LogP contribution is 2.34. The first kappa shape index (κ1) is 21.2. The normalized spacial score (nSPS) is 14.0.